The smallest absolute Gasteiger partial charge is 0.335 e. The molecule has 0 saturated carbocycles. The van der Waals surface area contributed by atoms with Gasteiger partial charge in [-0.15, -0.1) is 0 Å². The van der Waals surface area contributed by atoms with E-state index in [2.05, 4.69) is 16.4 Å². The predicted molar refractivity (Wildman–Crippen MR) is 153 cm³/mol. The predicted octanol–water partition coefficient (Wildman–Crippen LogP) is 3.63. The van der Waals surface area contributed by atoms with Crippen LogP contribution in [-0.4, -0.2) is 64.9 Å². The lowest BCUT2D eigenvalue weighted by Crippen LogP contribution is -2.47. The van der Waals surface area contributed by atoms with E-state index in [1.807, 2.05) is 0 Å². The van der Waals surface area contributed by atoms with E-state index in [1.165, 1.54) is 29.7 Å². The summed E-state index contributed by atoms with van der Waals surface area (Å²) in [6, 6.07) is 9.88. The molecular formula is C28H36N6O6S. The zero-order valence-electron chi connectivity index (χ0n) is 24.1. The summed E-state index contributed by atoms with van der Waals surface area (Å²) in [5.74, 6) is -0.222. The van der Waals surface area contributed by atoms with Gasteiger partial charge in [-0.25, -0.2) is 13.2 Å². The van der Waals surface area contributed by atoms with E-state index in [9.17, 15) is 23.3 Å². The normalized spacial score (nSPS) is 19.8. The van der Waals surface area contributed by atoms with E-state index in [1.54, 1.807) is 57.5 Å². The molecular weight excluding hydrogens is 548 g/mol. The highest BCUT2D eigenvalue weighted by Gasteiger charge is 2.43. The van der Waals surface area contributed by atoms with Crippen molar-refractivity contribution < 1.29 is 22.7 Å². The van der Waals surface area contributed by atoms with Crippen molar-refractivity contribution in [2.24, 2.45) is 0 Å². The summed E-state index contributed by atoms with van der Waals surface area (Å²) < 4.78 is 40.0. The number of aromatic amines is 1. The Morgan fingerprint density at radius 3 is 2.56 bits per heavy atom. The maximum Gasteiger partial charge on any atom is 0.335 e. The first-order chi connectivity index (χ1) is 19.2. The number of carbonyl (C=O) groups excluding carboxylic acids is 1. The Bertz CT molecular complexity index is 1620. The number of nitrogens with zero attached hydrogens (tertiary/aromatic N) is 4. The Kier molecular flexibility index (Phi) is 8.31. The van der Waals surface area contributed by atoms with Gasteiger partial charge in [-0.3, -0.25) is 9.48 Å². The summed E-state index contributed by atoms with van der Waals surface area (Å²) in [5, 5.41) is 17.9. The van der Waals surface area contributed by atoms with Crippen LogP contribution in [0.25, 0.3) is 10.9 Å². The van der Waals surface area contributed by atoms with Crippen molar-refractivity contribution in [1.82, 2.24) is 19.1 Å². The molecule has 1 aromatic carbocycles. The third-order valence-electron chi connectivity index (χ3n) is 7.08. The molecule has 1 fully saturated rings. The van der Waals surface area contributed by atoms with Gasteiger partial charge in [-0.05, 0) is 77.8 Å². The SMILES string of the molecule is CC(C)N(C)S(=O)(=O)c1ccc(Nc2nn([C@]3(CC#N)CC[C@@H](C(=O)OC(C)(C)C)OC3)c3cc[nH]c(=O)c23)cc1. The maximum atomic E-state index is 13.0. The number of sulfonamides is 1. The molecule has 12 nitrogen and oxygen atoms in total. The Morgan fingerprint density at radius 2 is 2.00 bits per heavy atom. The molecule has 0 aliphatic carbocycles. The Labute approximate surface area is 239 Å². The number of esters is 1. The molecule has 0 unspecified atom stereocenters. The number of H-pyrrole nitrogens is 1. The molecule has 4 rings (SSSR count). The minimum atomic E-state index is -3.66. The second-order valence-electron chi connectivity index (χ2n) is 11.5. The van der Waals surface area contributed by atoms with E-state index < -0.39 is 33.2 Å². The van der Waals surface area contributed by atoms with Crippen LogP contribution in [0.1, 0.15) is 53.9 Å². The Morgan fingerprint density at radius 1 is 1.32 bits per heavy atom. The highest BCUT2D eigenvalue weighted by atomic mass is 32.2. The number of hydrogen-bond donors (Lipinski definition) is 2. The van der Waals surface area contributed by atoms with Crippen LogP contribution in [-0.2, 0) is 29.8 Å². The second-order valence-corrected chi connectivity index (χ2v) is 13.5. The first kappa shape index (κ1) is 30.2. The molecule has 13 heteroatoms. The number of rotatable bonds is 8. The molecule has 2 atom stereocenters. The van der Waals surface area contributed by atoms with Crippen LogP contribution in [0, 0.1) is 11.3 Å². The van der Waals surface area contributed by atoms with Gasteiger partial charge in [0, 0.05) is 25.0 Å². The summed E-state index contributed by atoms with van der Waals surface area (Å²) in [6.45, 7) is 8.95. The first-order valence-corrected chi connectivity index (χ1v) is 14.8. The van der Waals surface area contributed by atoms with Crippen molar-refractivity contribution in [2.45, 2.75) is 82.1 Å². The lowest BCUT2D eigenvalue weighted by molar-refractivity contribution is -0.176. The summed E-state index contributed by atoms with van der Waals surface area (Å²) in [7, 11) is -2.13. The van der Waals surface area contributed by atoms with E-state index in [0.717, 1.165) is 0 Å². The fourth-order valence-corrected chi connectivity index (χ4v) is 6.08. The van der Waals surface area contributed by atoms with Crippen molar-refractivity contribution in [1.29, 1.82) is 5.26 Å². The highest BCUT2D eigenvalue weighted by molar-refractivity contribution is 7.89. The molecule has 3 heterocycles. The van der Waals surface area contributed by atoms with Gasteiger partial charge < -0.3 is 19.8 Å². The van der Waals surface area contributed by atoms with Crippen molar-refractivity contribution in [3.05, 3.63) is 46.9 Å². The van der Waals surface area contributed by atoms with Gasteiger partial charge in [-0.1, -0.05) is 0 Å². The number of carbonyl (C=O) groups is 1. The summed E-state index contributed by atoms with van der Waals surface area (Å²) in [6.07, 6.45) is 1.47. The average Bonchev–Trinajstić information content (AvgIpc) is 3.28. The minimum absolute atomic E-state index is 0.0173. The van der Waals surface area contributed by atoms with Crippen molar-refractivity contribution >= 4 is 38.4 Å². The number of fused-ring (bicyclic) bond motifs is 1. The van der Waals surface area contributed by atoms with Crippen LogP contribution in [0.5, 0.6) is 0 Å². The van der Waals surface area contributed by atoms with Gasteiger partial charge >= 0.3 is 5.97 Å². The number of benzene rings is 1. The number of aromatic nitrogens is 3. The van der Waals surface area contributed by atoms with Crippen LogP contribution >= 0.6 is 0 Å². The molecule has 0 amide bonds. The number of nitriles is 1. The standard InChI is InChI=1S/C28H36N6O6S/c1-18(2)33(6)41(37,38)20-9-7-19(8-10-20)31-24-23-21(12-16-30-25(23)35)34(32-24)28(14-15-29)13-11-22(39-17-28)26(36)40-27(3,4)5/h7-10,12,16,18,22H,11,13-14,17H2,1-6H3,(H,30,35)(H,31,32)/t22-,28-/m0/s1. The van der Waals surface area contributed by atoms with E-state index in [-0.39, 0.29) is 40.7 Å². The van der Waals surface area contributed by atoms with Crippen LogP contribution < -0.4 is 10.9 Å². The second kappa shape index (κ2) is 11.3. The molecule has 1 aliphatic rings. The fraction of sp³-hybridized carbons (Fsp3) is 0.500. The van der Waals surface area contributed by atoms with Crippen LogP contribution in [0.3, 0.4) is 0 Å². The molecule has 41 heavy (non-hydrogen) atoms. The molecule has 0 bridgehead atoms. The molecule has 2 aromatic heterocycles. The number of pyridine rings is 1. The van der Waals surface area contributed by atoms with Crippen LogP contribution in [0.4, 0.5) is 11.5 Å². The molecule has 1 saturated heterocycles. The molecule has 1 aliphatic heterocycles. The summed E-state index contributed by atoms with van der Waals surface area (Å²) >= 11 is 0. The average molecular weight is 585 g/mol. The van der Waals surface area contributed by atoms with E-state index in [0.29, 0.717) is 24.0 Å². The van der Waals surface area contributed by atoms with Crippen LogP contribution in [0.2, 0.25) is 0 Å². The molecule has 0 spiro atoms. The maximum absolute atomic E-state index is 13.0. The minimum Gasteiger partial charge on any atom is -0.458 e. The van der Waals surface area contributed by atoms with Crippen molar-refractivity contribution in [2.75, 3.05) is 19.0 Å². The van der Waals surface area contributed by atoms with E-state index >= 15 is 0 Å². The first-order valence-electron chi connectivity index (χ1n) is 13.4. The zero-order chi connectivity index (χ0) is 30.2. The molecule has 3 aromatic rings. The quantitative estimate of drug-likeness (QED) is 0.377. The van der Waals surface area contributed by atoms with Gasteiger partial charge in [0.1, 0.15) is 11.0 Å². The molecule has 2 N–H and O–H groups in total. The number of ether oxygens (including phenoxy) is 2. The molecule has 220 valence electrons. The Balaban J connectivity index is 1.67. The van der Waals surface area contributed by atoms with Gasteiger partial charge in [0.15, 0.2) is 11.9 Å². The van der Waals surface area contributed by atoms with Crippen molar-refractivity contribution in [3.8, 4) is 6.07 Å². The lowest BCUT2D eigenvalue weighted by Gasteiger charge is -2.39. The third kappa shape index (κ3) is 6.14. The van der Waals surface area contributed by atoms with Gasteiger partial charge in [0.2, 0.25) is 10.0 Å². The van der Waals surface area contributed by atoms with Crippen molar-refractivity contribution in [3.63, 3.8) is 0 Å². The Hall–Kier alpha value is -3.73. The largest absolute Gasteiger partial charge is 0.458 e. The summed E-state index contributed by atoms with van der Waals surface area (Å²) in [4.78, 5) is 28.4. The van der Waals surface area contributed by atoms with Gasteiger partial charge in [0.25, 0.3) is 5.56 Å². The summed E-state index contributed by atoms with van der Waals surface area (Å²) in [5.41, 5.74) is -0.967. The number of anilines is 2. The molecule has 0 radical (unpaired) electrons. The zero-order valence-corrected chi connectivity index (χ0v) is 24.9. The number of nitrogens with one attached hydrogen (secondary N) is 2. The van der Waals surface area contributed by atoms with Crippen LogP contribution in [0.15, 0.2) is 46.2 Å². The highest BCUT2D eigenvalue weighted by Crippen LogP contribution is 2.37. The van der Waals surface area contributed by atoms with Gasteiger partial charge in [0.05, 0.1) is 35.0 Å². The number of hydrogen-bond acceptors (Lipinski definition) is 9. The third-order valence-corrected chi connectivity index (χ3v) is 9.13. The van der Waals surface area contributed by atoms with E-state index in [4.69, 9.17) is 14.6 Å². The fourth-order valence-electron chi connectivity index (χ4n) is 4.71. The monoisotopic (exact) mass is 584 g/mol. The topological polar surface area (TPSA) is 159 Å². The van der Waals surface area contributed by atoms with Gasteiger partial charge in [-0.2, -0.15) is 14.7 Å². The lowest BCUT2D eigenvalue weighted by atomic mass is 9.87.